The van der Waals surface area contributed by atoms with Crippen LogP contribution >= 0.6 is 0 Å². The van der Waals surface area contributed by atoms with Gasteiger partial charge in [-0.05, 0) is 16.7 Å². The molecule has 1 unspecified atom stereocenters. The van der Waals surface area contributed by atoms with Gasteiger partial charge in [-0.1, -0.05) is 54.6 Å². The Bertz CT molecular complexity index is 744. The van der Waals surface area contributed by atoms with E-state index in [9.17, 15) is 14.7 Å². The average molecular weight is 325 g/mol. The average Bonchev–Trinajstić information content (AvgIpc) is 2.62. The van der Waals surface area contributed by atoms with Crippen molar-refractivity contribution < 1.29 is 19.4 Å². The third-order valence-corrected chi connectivity index (χ3v) is 4.37. The summed E-state index contributed by atoms with van der Waals surface area (Å²) < 4.78 is 5.40. The van der Waals surface area contributed by atoms with Gasteiger partial charge in [-0.2, -0.15) is 0 Å². The molecule has 2 aromatic carbocycles. The standard InChI is InChI=1S/C19H19NO4/c1-24-17(13-7-3-2-4-8-13)18(21)20-11-14-9-5-6-10-15(14)16(12-20)19(22)23/h2-10,16-17H,11-12H2,1H3,(H,22,23)/t16?,17-/m1/s1. The number of carboxylic acids is 1. The first-order valence-electron chi connectivity index (χ1n) is 7.79. The van der Waals surface area contributed by atoms with Crippen molar-refractivity contribution in [1.29, 1.82) is 0 Å². The number of benzene rings is 2. The Labute approximate surface area is 140 Å². The number of aliphatic carboxylic acids is 1. The maximum absolute atomic E-state index is 12.9. The van der Waals surface area contributed by atoms with Gasteiger partial charge in [0.25, 0.3) is 5.91 Å². The molecule has 0 saturated carbocycles. The summed E-state index contributed by atoms with van der Waals surface area (Å²) in [6, 6.07) is 16.6. The van der Waals surface area contributed by atoms with Gasteiger partial charge in [0.15, 0.2) is 6.10 Å². The predicted octanol–water partition coefficient (Wildman–Crippen LogP) is 2.58. The summed E-state index contributed by atoms with van der Waals surface area (Å²) in [7, 11) is 1.49. The largest absolute Gasteiger partial charge is 0.481 e. The molecular formula is C19H19NO4. The molecule has 1 N–H and O–H groups in total. The minimum Gasteiger partial charge on any atom is -0.481 e. The van der Waals surface area contributed by atoms with Crippen LogP contribution in [-0.4, -0.2) is 35.5 Å². The zero-order valence-corrected chi connectivity index (χ0v) is 13.4. The summed E-state index contributed by atoms with van der Waals surface area (Å²) in [6.07, 6.45) is -0.731. The Morgan fingerprint density at radius 2 is 1.79 bits per heavy atom. The number of nitrogens with zero attached hydrogens (tertiary/aromatic N) is 1. The molecule has 2 atom stereocenters. The summed E-state index contributed by atoms with van der Waals surface area (Å²) >= 11 is 0. The predicted molar refractivity (Wildman–Crippen MR) is 88.4 cm³/mol. The lowest BCUT2D eigenvalue weighted by Gasteiger charge is -2.34. The summed E-state index contributed by atoms with van der Waals surface area (Å²) in [5.41, 5.74) is 2.41. The van der Waals surface area contributed by atoms with Crippen LogP contribution in [0.4, 0.5) is 0 Å². The number of fused-ring (bicyclic) bond motifs is 1. The second-order valence-corrected chi connectivity index (χ2v) is 5.83. The topological polar surface area (TPSA) is 66.8 Å². The number of hydrogen-bond donors (Lipinski definition) is 1. The third-order valence-electron chi connectivity index (χ3n) is 4.37. The zero-order valence-electron chi connectivity index (χ0n) is 13.4. The van der Waals surface area contributed by atoms with Crippen LogP contribution in [0.15, 0.2) is 54.6 Å². The number of carbonyl (C=O) groups is 2. The quantitative estimate of drug-likeness (QED) is 0.938. The molecule has 0 bridgehead atoms. The fourth-order valence-electron chi connectivity index (χ4n) is 3.16. The number of methoxy groups -OCH3 is 1. The molecule has 0 aliphatic carbocycles. The van der Waals surface area contributed by atoms with Crippen LogP contribution in [0.3, 0.4) is 0 Å². The van der Waals surface area contributed by atoms with Crippen molar-refractivity contribution in [3.8, 4) is 0 Å². The molecule has 1 heterocycles. The van der Waals surface area contributed by atoms with Crippen molar-refractivity contribution in [2.24, 2.45) is 0 Å². The zero-order chi connectivity index (χ0) is 17.1. The molecule has 0 fully saturated rings. The van der Waals surface area contributed by atoms with Crippen LogP contribution in [0, 0.1) is 0 Å². The number of carbonyl (C=O) groups excluding carboxylic acids is 1. The van der Waals surface area contributed by atoms with E-state index >= 15 is 0 Å². The Morgan fingerprint density at radius 3 is 2.46 bits per heavy atom. The fourth-order valence-corrected chi connectivity index (χ4v) is 3.16. The highest BCUT2D eigenvalue weighted by molar-refractivity contribution is 5.85. The summed E-state index contributed by atoms with van der Waals surface area (Å²) in [6.45, 7) is 0.545. The molecule has 0 aromatic heterocycles. The first-order valence-corrected chi connectivity index (χ1v) is 7.79. The van der Waals surface area contributed by atoms with E-state index in [0.29, 0.717) is 6.54 Å². The van der Waals surface area contributed by atoms with Crippen molar-refractivity contribution in [1.82, 2.24) is 4.90 Å². The van der Waals surface area contributed by atoms with E-state index in [4.69, 9.17) is 4.74 Å². The van der Waals surface area contributed by atoms with Gasteiger partial charge in [-0.15, -0.1) is 0 Å². The number of hydrogen-bond acceptors (Lipinski definition) is 3. The molecule has 1 aliphatic rings. The number of amides is 1. The second kappa shape index (κ2) is 6.84. The van der Waals surface area contributed by atoms with E-state index in [1.165, 1.54) is 7.11 Å². The van der Waals surface area contributed by atoms with Crippen LogP contribution in [-0.2, 0) is 20.9 Å². The van der Waals surface area contributed by atoms with Gasteiger partial charge >= 0.3 is 5.97 Å². The fraction of sp³-hybridized carbons (Fsp3) is 0.263. The SMILES string of the molecule is CO[C@@H](C(=O)N1Cc2ccccc2C(C(=O)O)C1)c1ccccc1. The minimum absolute atomic E-state index is 0.151. The van der Waals surface area contributed by atoms with E-state index in [1.807, 2.05) is 54.6 Å². The molecule has 0 radical (unpaired) electrons. The second-order valence-electron chi connectivity index (χ2n) is 5.83. The van der Waals surface area contributed by atoms with Gasteiger partial charge in [0.2, 0.25) is 0 Å². The molecular weight excluding hydrogens is 306 g/mol. The van der Waals surface area contributed by atoms with Crippen molar-refractivity contribution in [3.05, 3.63) is 71.3 Å². The lowest BCUT2D eigenvalue weighted by molar-refractivity contribution is -0.146. The molecule has 124 valence electrons. The maximum atomic E-state index is 12.9. The molecule has 5 heteroatoms. The van der Waals surface area contributed by atoms with Gasteiger partial charge < -0.3 is 14.7 Å². The van der Waals surface area contributed by atoms with Gasteiger partial charge in [-0.25, -0.2) is 0 Å². The van der Waals surface area contributed by atoms with E-state index in [2.05, 4.69) is 0 Å². The minimum atomic E-state index is -0.923. The van der Waals surface area contributed by atoms with Crippen molar-refractivity contribution in [3.63, 3.8) is 0 Å². The number of ether oxygens (including phenoxy) is 1. The normalized spacial score (nSPS) is 17.9. The van der Waals surface area contributed by atoms with Crippen LogP contribution < -0.4 is 0 Å². The molecule has 1 aliphatic heterocycles. The summed E-state index contributed by atoms with van der Waals surface area (Å²) in [4.78, 5) is 26.1. The first kappa shape index (κ1) is 16.2. The Balaban J connectivity index is 1.90. The summed E-state index contributed by atoms with van der Waals surface area (Å²) in [5.74, 6) is -1.86. The number of carboxylic acid groups (broad SMARTS) is 1. The van der Waals surface area contributed by atoms with Crippen LogP contribution in [0.2, 0.25) is 0 Å². The highest BCUT2D eigenvalue weighted by Gasteiger charge is 2.35. The van der Waals surface area contributed by atoms with Crippen LogP contribution in [0.5, 0.6) is 0 Å². The van der Waals surface area contributed by atoms with Crippen LogP contribution in [0.1, 0.15) is 28.7 Å². The van der Waals surface area contributed by atoms with E-state index < -0.39 is 18.0 Å². The molecule has 3 rings (SSSR count). The van der Waals surface area contributed by atoms with Crippen LogP contribution in [0.25, 0.3) is 0 Å². The third kappa shape index (κ3) is 3.03. The molecule has 0 spiro atoms. The Morgan fingerprint density at radius 1 is 1.12 bits per heavy atom. The first-order chi connectivity index (χ1) is 11.6. The highest BCUT2D eigenvalue weighted by atomic mass is 16.5. The molecule has 1 amide bonds. The molecule has 5 nitrogen and oxygen atoms in total. The van der Waals surface area contributed by atoms with Crippen molar-refractivity contribution in [2.45, 2.75) is 18.6 Å². The van der Waals surface area contributed by atoms with Gasteiger partial charge in [0, 0.05) is 20.2 Å². The number of rotatable bonds is 4. The smallest absolute Gasteiger partial charge is 0.312 e. The van der Waals surface area contributed by atoms with Gasteiger partial charge in [0.1, 0.15) is 0 Å². The molecule has 2 aromatic rings. The monoisotopic (exact) mass is 325 g/mol. The maximum Gasteiger partial charge on any atom is 0.312 e. The van der Waals surface area contributed by atoms with E-state index in [1.54, 1.807) is 4.90 Å². The molecule has 24 heavy (non-hydrogen) atoms. The Hall–Kier alpha value is -2.66. The summed E-state index contributed by atoms with van der Waals surface area (Å²) in [5, 5.41) is 9.53. The van der Waals surface area contributed by atoms with Gasteiger partial charge in [0.05, 0.1) is 5.92 Å². The van der Waals surface area contributed by atoms with Crippen molar-refractivity contribution in [2.75, 3.05) is 13.7 Å². The van der Waals surface area contributed by atoms with E-state index in [-0.39, 0.29) is 12.5 Å². The Kier molecular flexibility index (Phi) is 4.62. The van der Waals surface area contributed by atoms with E-state index in [0.717, 1.165) is 16.7 Å². The highest BCUT2D eigenvalue weighted by Crippen LogP contribution is 2.31. The van der Waals surface area contributed by atoms with Crippen molar-refractivity contribution >= 4 is 11.9 Å². The molecule has 0 saturated heterocycles. The van der Waals surface area contributed by atoms with Gasteiger partial charge in [-0.3, -0.25) is 9.59 Å². The lowest BCUT2D eigenvalue weighted by Crippen LogP contribution is -2.43. The lowest BCUT2D eigenvalue weighted by atomic mass is 9.89.